The first-order chi connectivity index (χ1) is 9.41. The number of hydrogen-bond acceptors (Lipinski definition) is 5. The number of carbonyl (C=O) groups is 1. The third kappa shape index (κ3) is 3.50. The van der Waals surface area contributed by atoms with Gasteiger partial charge in [-0.2, -0.15) is 11.3 Å². The van der Waals surface area contributed by atoms with E-state index in [9.17, 15) is 4.79 Å². The largest absolute Gasteiger partial charge is 0.505 e. The van der Waals surface area contributed by atoms with E-state index in [0.717, 1.165) is 4.78 Å². The maximum absolute atomic E-state index is 12.0. The lowest BCUT2D eigenvalue weighted by Crippen LogP contribution is -2.41. The molecule has 0 atom stereocenters. The van der Waals surface area contributed by atoms with Gasteiger partial charge in [0.25, 0.3) is 0 Å². The van der Waals surface area contributed by atoms with E-state index in [-0.39, 0.29) is 17.2 Å². The topological polar surface area (TPSA) is 44.8 Å². The van der Waals surface area contributed by atoms with Gasteiger partial charge in [-0.05, 0) is 54.5 Å². The second-order valence-electron chi connectivity index (χ2n) is 7.33. The number of carbonyl (C=O) groups excluding carboxylic acids is 1. The monoisotopic (exact) mass is 310 g/mol. The van der Waals surface area contributed by atoms with Gasteiger partial charge in [-0.1, -0.05) is 0 Å². The molecule has 6 heteroatoms. The fourth-order valence-corrected chi connectivity index (χ4v) is 2.71. The SMILES string of the molecule is CC(C)(C)OC(=O)c1csc(B2OC(C)(C)C(C)(C)O2)c1. The van der Waals surface area contributed by atoms with Crippen LogP contribution in [-0.4, -0.2) is 29.9 Å². The summed E-state index contributed by atoms with van der Waals surface area (Å²) < 4.78 is 18.2. The van der Waals surface area contributed by atoms with Gasteiger partial charge in [0.1, 0.15) is 5.60 Å². The highest BCUT2D eigenvalue weighted by molar-refractivity contribution is 7.21. The minimum absolute atomic E-state index is 0.318. The molecule has 1 aromatic rings. The summed E-state index contributed by atoms with van der Waals surface area (Å²) in [6.07, 6.45) is 0. The average Bonchev–Trinajstić information content (AvgIpc) is 2.80. The van der Waals surface area contributed by atoms with Crippen molar-refractivity contribution in [2.75, 3.05) is 0 Å². The minimum atomic E-state index is -0.497. The van der Waals surface area contributed by atoms with Crippen molar-refractivity contribution in [3.8, 4) is 0 Å². The van der Waals surface area contributed by atoms with Gasteiger partial charge in [0, 0.05) is 10.2 Å². The summed E-state index contributed by atoms with van der Waals surface area (Å²) in [5.41, 5.74) is -0.718. The van der Waals surface area contributed by atoms with E-state index >= 15 is 0 Å². The van der Waals surface area contributed by atoms with E-state index in [2.05, 4.69) is 0 Å². The van der Waals surface area contributed by atoms with E-state index in [1.54, 1.807) is 11.4 Å². The molecule has 21 heavy (non-hydrogen) atoms. The van der Waals surface area contributed by atoms with Gasteiger partial charge in [-0.3, -0.25) is 0 Å². The Balaban J connectivity index is 2.13. The maximum atomic E-state index is 12.0. The van der Waals surface area contributed by atoms with Crippen LogP contribution in [0.5, 0.6) is 0 Å². The summed E-state index contributed by atoms with van der Waals surface area (Å²) in [4.78, 5) is 12.0. The van der Waals surface area contributed by atoms with Crippen LogP contribution in [0.3, 0.4) is 0 Å². The van der Waals surface area contributed by atoms with Crippen molar-refractivity contribution >= 4 is 29.2 Å². The maximum Gasteiger partial charge on any atom is 0.505 e. The van der Waals surface area contributed by atoms with Gasteiger partial charge >= 0.3 is 13.1 Å². The first-order valence-corrected chi connectivity index (χ1v) is 7.97. The molecule has 2 rings (SSSR count). The molecule has 116 valence electrons. The van der Waals surface area contributed by atoms with E-state index in [1.807, 2.05) is 48.5 Å². The molecular formula is C15H23BO4S. The summed E-state index contributed by atoms with van der Waals surface area (Å²) in [7, 11) is -0.434. The number of hydrogen-bond donors (Lipinski definition) is 0. The molecule has 0 radical (unpaired) electrons. The first-order valence-electron chi connectivity index (χ1n) is 7.09. The van der Waals surface area contributed by atoms with Crippen molar-refractivity contribution < 1.29 is 18.8 Å². The average molecular weight is 310 g/mol. The van der Waals surface area contributed by atoms with Gasteiger partial charge in [0.2, 0.25) is 0 Å². The van der Waals surface area contributed by atoms with Crippen molar-refractivity contribution in [2.24, 2.45) is 0 Å². The van der Waals surface area contributed by atoms with Gasteiger partial charge in [-0.25, -0.2) is 4.79 Å². The molecule has 1 aliphatic heterocycles. The van der Waals surface area contributed by atoms with Crippen LogP contribution in [0, 0.1) is 0 Å². The van der Waals surface area contributed by atoms with E-state index in [4.69, 9.17) is 14.0 Å². The molecule has 0 spiro atoms. The van der Waals surface area contributed by atoms with E-state index < -0.39 is 12.7 Å². The lowest BCUT2D eigenvalue weighted by Gasteiger charge is -2.32. The Hall–Kier alpha value is -0.845. The van der Waals surface area contributed by atoms with Crippen LogP contribution in [0.25, 0.3) is 0 Å². The first kappa shape index (κ1) is 16.5. The molecule has 1 saturated heterocycles. The molecule has 0 saturated carbocycles. The normalized spacial score (nSPS) is 20.6. The Morgan fingerprint density at radius 2 is 1.71 bits per heavy atom. The number of esters is 1. The van der Waals surface area contributed by atoms with Crippen LogP contribution >= 0.6 is 11.3 Å². The lowest BCUT2D eigenvalue weighted by atomic mass is 9.87. The summed E-state index contributed by atoms with van der Waals surface area (Å²) >= 11 is 1.45. The van der Waals surface area contributed by atoms with Crippen LogP contribution in [0.4, 0.5) is 0 Å². The van der Waals surface area contributed by atoms with E-state index in [1.165, 1.54) is 11.3 Å². The Morgan fingerprint density at radius 3 is 2.19 bits per heavy atom. The Bertz CT molecular complexity index is 526. The highest BCUT2D eigenvalue weighted by Gasteiger charge is 2.52. The summed E-state index contributed by atoms with van der Waals surface area (Å²) in [6, 6.07) is 1.79. The highest BCUT2D eigenvalue weighted by atomic mass is 32.1. The molecule has 2 heterocycles. The zero-order chi connectivity index (χ0) is 16.1. The Kier molecular flexibility index (Phi) is 4.02. The van der Waals surface area contributed by atoms with Crippen LogP contribution in [0.2, 0.25) is 0 Å². The highest BCUT2D eigenvalue weighted by Crippen LogP contribution is 2.36. The molecule has 1 aromatic heterocycles. The van der Waals surface area contributed by atoms with Gasteiger partial charge < -0.3 is 14.0 Å². The van der Waals surface area contributed by atoms with Crippen molar-refractivity contribution in [3.63, 3.8) is 0 Å². The molecule has 0 N–H and O–H groups in total. The third-order valence-corrected chi connectivity index (χ3v) is 4.69. The molecular weight excluding hydrogens is 287 g/mol. The summed E-state index contributed by atoms with van der Waals surface area (Å²) in [5, 5.41) is 1.79. The second-order valence-corrected chi connectivity index (χ2v) is 8.27. The predicted molar refractivity (Wildman–Crippen MR) is 85.2 cm³/mol. The van der Waals surface area contributed by atoms with E-state index in [0.29, 0.717) is 5.56 Å². The fraction of sp³-hybridized carbons (Fsp3) is 0.667. The van der Waals surface area contributed by atoms with Crippen molar-refractivity contribution in [2.45, 2.75) is 65.3 Å². The van der Waals surface area contributed by atoms with Gasteiger partial charge in [0.05, 0.1) is 16.8 Å². The molecule has 0 amide bonds. The standard InChI is InChI=1S/C15H23BO4S/c1-13(2,3)18-12(17)10-8-11(21-9-10)16-19-14(4,5)15(6,7)20-16/h8-9H,1-7H3. The van der Waals surface area contributed by atoms with Gasteiger partial charge in [-0.15, -0.1) is 0 Å². The second kappa shape index (κ2) is 5.11. The van der Waals surface area contributed by atoms with Crippen molar-refractivity contribution in [1.82, 2.24) is 0 Å². The Morgan fingerprint density at radius 1 is 1.19 bits per heavy atom. The quantitative estimate of drug-likeness (QED) is 0.622. The zero-order valence-electron chi connectivity index (χ0n) is 13.8. The Labute approximate surface area is 130 Å². The lowest BCUT2D eigenvalue weighted by molar-refractivity contribution is 0.00578. The number of thiophene rings is 1. The number of rotatable bonds is 2. The summed E-state index contributed by atoms with van der Waals surface area (Å²) in [6.45, 7) is 13.6. The van der Waals surface area contributed by atoms with Crippen LogP contribution in [0.15, 0.2) is 11.4 Å². The van der Waals surface area contributed by atoms with Crippen LogP contribution in [-0.2, 0) is 14.0 Å². The summed E-state index contributed by atoms with van der Waals surface area (Å²) in [5.74, 6) is -0.318. The van der Waals surface area contributed by atoms with Gasteiger partial charge in [0.15, 0.2) is 0 Å². The zero-order valence-corrected chi connectivity index (χ0v) is 14.6. The smallest absolute Gasteiger partial charge is 0.456 e. The molecule has 0 unspecified atom stereocenters. The predicted octanol–water partition coefficient (Wildman–Crippen LogP) is 3.00. The minimum Gasteiger partial charge on any atom is -0.456 e. The number of ether oxygens (including phenoxy) is 1. The van der Waals surface area contributed by atoms with Crippen LogP contribution < -0.4 is 4.78 Å². The molecule has 0 aliphatic carbocycles. The van der Waals surface area contributed by atoms with Crippen molar-refractivity contribution in [3.05, 3.63) is 17.0 Å². The third-order valence-electron chi connectivity index (χ3n) is 3.74. The molecule has 1 fully saturated rings. The molecule has 0 aromatic carbocycles. The van der Waals surface area contributed by atoms with Crippen molar-refractivity contribution in [1.29, 1.82) is 0 Å². The molecule has 4 nitrogen and oxygen atoms in total. The fourth-order valence-electron chi connectivity index (χ4n) is 1.88. The van der Waals surface area contributed by atoms with Crippen LogP contribution in [0.1, 0.15) is 58.8 Å². The molecule has 1 aliphatic rings. The molecule has 0 bridgehead atoms.